The van der Waals surface area contributed by atoms with Crippen molar-refractivity contribution in [3.63, 3.8) is 0 Å². The van der Waals surface area contributed by atoms with E-state index in [0.717, 1.165) is 43.7 Å². The molecule has 0 bridgehead atoms. The predicted octanol–water partition coefficient (Wildman–Crippen LogP) is 6.21. The van der Waals surface area contributed by atoms with Crippen molar-refractivity contribution in [2.45, 2.75) is 82.4 Å². The Morgan fingerprint density at radius 3 is 2.44 bits per heavy atom. The zero-order chi connectivity index (χ0) is 29.5. The molecule has 1 aliphatic carbocycles. The van der Waals surface area contributed by atoms with Crippen LogP contribution in [0.25, 0.3) is 6.08 Å². The smallest absolute Gasteiger partial charge is 0.244 e. The third-order valence-electron chi connectivity index (χ3n) is 7.92. The highest BCUT2D eigenvalue weighted by molar-refractivity contribution is 5.91. The maximum absolute atomic E-state index is 14.0. The van der Waals surface area contributed by atoms with Crippen LogP contribution in [0.2, 0.25) is 0 Å². The Hall–Kier alpha value is -3.42. The number of halogens is 2. The summed E-state index contributed by atoms with van der Waals surface area (Å²) in [6, 6.07) is 14.7. The topological polar surface area (TPSA) is 74.2 Å². The average Bonchev–Trinajstić information content (AvgIpc) is 2.94. The van der Waals surface area contributed by atoms with Gasteiger partial charge in [0, 0.05) is 36.6 Å². The minimum atomic E-state index is -1.01. The molecule has 1 aromatic heterocycles. The molecule has 0 spiro atoms. The molecule has 2 aromatic carbocycles. The first kappa shape index (κ1) is 30.5. The van der Waals surface area contributed by atoms with Crippen molar-refractivity contribution in [1.82, 2.24) is 15.6 Å². The van der Waals surface area contributed by atoms with Crippen LogP contribution in [0.1, 0.15) is 75.1 Å². The molecule has 1 aliphatic rings. The minimum absolute atomic E-state index is 0.00428. The molecule has 1 amide bonds. The number of nitrogens with zero attached hydrogens (tertiary/aromatic N) is 1. The molecule has 41 heavy (non-hydrogen) atoms. The van der Waals surface area contributed by atoms with Gasteiger partial charge in [-0.3, -0.25) is 9.78 Å². The SMILES string of the molecule is CC(C)(C)c1cccc(C2(NCC(O)C(Cc3cc(F)cc(F)c3)NC(=O)C=Cc3cccnc3)CCCCC2)c1. The fourth-order valence-electron chi connectivity index (χ4n) is 5.59. The van der Waals surface area contributed by atoms with Gasteiger partial charge in [0.25, 0.3) is 0 Å². The van der Waals surface area contributed by atoms with Gasteiger partial charge in [-0.2, -0.15) is 0 Å². The first-order chi connectivity index (χ1) is 19.5. The Labute approximate surface area is 242 Å². The Kier molecular flexibility index (Phi) is 10.1. The van der Waals surface area contributed by atoms with Crippen LogP contribution in [0.3, 0.4) is 0 Å². The number of nitrogens with one attached hydrogen (secondary N) is 2. The molecule has 0 radical (unpaired) electrons. The molecule has 1 saturated carbocycles. The van der Waals surface area contributed by atoms with Crippen LogP contribution in [0.5, 0.6) is 0 Å². The second-order valence-electron chi connectivity index (χ2n) is 12.1. The van der Waals surface area contributed by atoms with Crippen molar-refractivity contribution in [2.75, 3.05) is 6.54 Å². The second-order valence-corrected chi connectivity index (χ2v) is 12.1. The molecule has 5 nitrogen and oxygen atoms in total. The molecule has 2 atom stereocenters. The van der Waals surface area contributed by atoms with Crippen molar-refractivity contribution in [3.8, 4) is 0 Å². The van der Waals surface area contributed by atoms with Crippen LogP contribution in [0.4, 0.5) is 8.78 Å². The molecule has 2 unspecified atom stereocenters. The van der Waals surface area contributed by atoms with Crippen molar-refractivity contribution in [2.24, 2.45) is 0 Å². The molecule has 0 saturated heterocycles. The highest BCUT2D eigenvalue weighted by Gasteiger charge is 2.35. The summed E-state index contributed by atoms with van der Waals surface area (Å²) in [5.41, 5.74) is 3.26. The highest BCUT2D eigenvalue weighted by atomic mass is 19.1. The molecule has 218 valence electrons. The van der Waals surface area contributed by atoms with E-state index in [1.54, 1.807) is 24.5 Å². The van der Waals surface area contributed by atoms with Crippen LogP contribution in [-0.4, -0.2) is 34.7 Å². The first-order valence-corrected chi connectivity index (χ1v) is 14.4. The van der Waals surface area contributed by atoms with Gasteiger partial charge in [-0.15, -0.1) is 0 Å². The van der Waals surface area contributed by atoms with Crippen LogP contribution in [0.15, 0.2) is 73.1 Å². The maximum atomic E-state index is 14.0. The zero-order valence-corrected chi connectivity index (χ0v) is 24.2. The summed E-state index contributed by atoms with van der Waals surface area (Å²) in [6.07, 6.45) is 10.5. The minimum Gasteiger partial charge on any atom is -0.390 e. The van der Waals surface area contributed by atoms with Crippen LogP contribution in [-0.2, 0) is 22.2 Å². The third-order valence-corrected chi connectivity index (χ3v) is 7.92. The number of amides is 1. The summed E-state index contributed by atoms with van der Waals surface area (Å²) in [4.78, 5) is 16.9. The number of carbonyl (C=O) groups excluding carboxylic acids is 1. The summed E-state index contributed by atoms with van der Waals surface area (Å²) in [6.45, 7) is 6.79. The quantitative estimate of drug-likeness (QED) is 0.258. The van der Waals surface area contributed by atoms with Gasteiger partial charge < -0.3 is 15.7 Å². The lowest BCUT2D eigenvalue weighted by Crippen LogP contribution is -2.53. The average molecular weight is 562 g/mol. The first-order valence-electron chi connectivity index (χ1n) is 14.4. The summed E-state index contributed by atoms with van der Waals surface area (Å²) < 4.78 is 28.0. The second kappa shape index (κ2) is 13.5. The molecular formula is C34H41F2N3O2. The summed E-state index contributed by atoms with van der Waals surface area (Å²) in [5, 5.41) is 18.0. The van der Waals surface area contributed by atoms with Crippen molar-refractivity contribution in [1.29, 1.82) is 0 Å². The van der Waals surface area contributed by atoms with E-state index in [1.807, 2.05) is 6.07 Å². The lowest BCUT2D eigenvalue weighted by molar-refractivity contribution is -0.117. The van der Waals surface area contributed by atoms with Gasteiger partial charge in [0.05, 0.1) is 12.1 Å². The Bertz CT molecular complexity index is 1310. The molecule has 1 fully saturated rings. The number of hydrogen-bond donors (Lipinski definition) is 3. The van der Waals surface area contributed by atoms with Crippen LogP contribution in [0, 0.1) is 11.6 Å². The molecule has 3 N–H and O–H groups in total. The van der Waals surface area contributed by atoms with Gasteiger partial charge in [-0.25, -0.2) is 8.78 Å². The number of aliphatic hydroxyl groups excluding tert-OH is 1. The number of carbonyl (C=O) groups is 1. The normalized spacial score (nSPS) is 16.8. The highest BCUT2D eigenvalue weighted by Crippen LogP contribution is 2.38. The lowest BCUT2D eigenvalue weighted by atomic mass is 9.74. The number of benzene rings is 2. The molecule has 4 rings (SSSR count). The molecule has 3 aromatic rings. The fourth-order valence-corrected chi connectivity index (χ4v) is 5.59. The van der Waals surface area contributed by atoms with Gasteiger partial charge in [-0.05, 0) is 71.2 Å². The Balaban J connectivity index is 1.55. The van der Waals surface area contributed by atoms with Gasteiger partial charge in [0.2, 0.25) is 5.91 Å². The van der Waals surface area contributed by atoms with E-state index in [2.05, 4.69) is 60.7 Å². The van der Waals surface area contributed by atoms with E-state index < -0.39 is 29.7 Å². The molecular weight excluding hydrogens is 520 g/mol. The number of aromatic nitrogens is 1. The van der Waals surface area contributed by atoms with Gasteiger partial charge >= 0.3 is 0 Å². The van der Waals surface area contributed by atoms with E-state index in [1.165, 1.54) is 29.3 Å². The van der Waals surface area contributed by atoms with Crippen LogP contribution >= 0.6 is 0 Å². The van der Waals surface area contributed by atoms with E-state index in [0.29, 0.717) is 5.56 Å². The summed E-state index contributed by atoms with van der Waals surface area (Å²) in [5.74, 6) is -1.82. The van der Waals surface area contributed by atoms with E-state index in [-0.39, 0.29) is 23.9 Å². The van der Waals surface area contributed by atoms with Crippen molar-refractivity contribution < 1.29 is 18.7 Å². The molecule has 0 aliphatic heterocycles. The Morgan fingerprint density at radius 1 is 1.05 bits per heavy atom. The summed E-state index contributed by atoms with van der Waals surface area (Å²) >= 11 is 0. The monoisotopic (exact) mass is 561 g/mol. The summed E-state index contributed by atoms with van der Waals surface area (Å²) in [7, 11) is 0. The van der Waals surface area contributed by atoms with E-state index in [9.17, 15) is 18.7 Å². The largest absolute Gasteiger partial charge is 0.390 e. The maximum Gasteiger partial charge on any atom is 0.244 e. The third kappa shape index (κ3) is 8.54. The Morgan fingerprint density at radius 2 is 1.78 bits per heavy atom. The van der Waals surface area contributed by atoms with Crippen LogP contribution < -0.4 is 10.6 Å². The molecule has 7 heteroatoms. The van der Waals surface area contributed by atoms with E-state index in [4.69, 9.17) is 0 Å². The number of aliphatic hydroxyl groups is 1. The van der Waals surface area contributed by atoms with Gasteiger partial charge in [-0.1, -0.05) is 70.4 Å². The zero-order valence-electron chi connectivity index (χ0n) is 24.2. The van der Waals surface area contributed by atoms with Crippen molar-refractivity contribution >= 4 is 12.0 Å². The number of pyridine rings is 1. The number of hydrogen-bond acceptors (Lipinski definition) is 4. The van der Waals surface area contributed by atoms with E-state index >= 15 is 0 Å². The van der Waals surface area contributed by atoms with Crippen molar-refractivity contribution in [3.05, 3.63) is 107 Å². The molecule has 1 heterocycles. The van der Waals surface area contributed by atoms with Gasteiger partial charge in [0.15, 0.2) is 0 Å². The number of rotatable bonds is 10. The predicted molar refractivity (Wildman–Crippen MR) is 159 cm³/mol. The standard InChI is InChI=1S/C34H41F2N3O2/c1-33(2,3)26-10-7-11-27(20-26)34(14-5-4-6-15-34)38-23-31(40)30(19-25-17-28(35)21-29(36)18-25)39-32(41)13-12-24-9-8-16-37-22-24/h7-13,16-18,20-22,30-31,38,40H,4-6,14-15,19,23H2,1-3H3,(H,39,41). The van der Waals surface area contributed by atoms with Gasteiger partial charge in [0.1, 0.15) is 11.6 Å². The lowest BCUT2D eigenvalue weighted by Gasteiger charge is -2.41. The fraction of sp³-hybridized carbons (Fsp3) is 0.412.